The fourth-order valence-electron chi connectivity index (χ4n) is 2.71. The van der Waals surface area contributed by atoms with E-state index in [-0.39, 0.29) is 18.1 Å². The zero-order valence-corrected chi connectivity index (χ0v) is 15.2. The highest BCUT2D eigenvalue weighted by Crippen LogP contribution is 2.22. The molecule has 0 aromatic carbocycles. The number of carbonyl (C=O) groups is 3. The molecule has 138 valence electrons. The molecule has 0 aliphatic carbocycles. The summed E-state index contributed by atoms with van der Waals surface area (Å²) in [5.41, 5.74) is 0.903. The Morgan fingerprint density at radius 1 is 1.16 bits per heavy atom. The molecule has 5 nitrogen and oxygen atoms in total. The Morgan fingerprint density at radius 2 is 1.96 bits per heavy atom. The number of piperidine rings is 1. The maximum absolute atomic E-state index is 12.1. The topological polar surface area (TPSA) is 74.7 Å². The van der Waals surface area contributed by atoms with Crippen molar-refractivity contribution in [3.8, 4) is 11.8 Å². The van der Waals surface area contributed by atoms with Gasteiger partial charge in [-0.15, -0.1) is 5.92 Å². The summed E-state index contributed by atoms with van der Waals surface area (Å²) in [5, 5.41) is 8.58. The van der Waals surface area contributed by atoms with Crippen LogP contribution in [0.15, 0.2) is 11.8 Å². The molecule has 1 fully saturated rings. The zero-order chi connectivity index (χ0) is 18.5. The number of ketones is 1. The molecule has 5 heteroatoms. The van der Waals surface area contributed by atoms with Gasteiger partial charge >= 0.3 is 5.97 Å². The van der Waals surface area contributed by atoms with Crippen molar-refractivity contribution in [2.24, 2.45) is 0 Å². The quantitative estimate of drug-likeness (QED) is 0.483. The highest BCUT2D eigenvalue weighted by atomic mass is 16.4. The predicted molar refractivity (Wildman–Crippen MR) is 96.7 cm³/mol. The summed E-state index contributed by atoms with van der Waals surface area (Å²) in [5.74, 6) is 5.34. The van der Waals surface area contributed by atoms with E-state index in [1.807, 2.05) is 6.08 Å². The number of allylic oxidation sites excluding steroid dienone is 2. The molecule has 0 radical (unpaired) electrons. The third kappa shape index (κ3) is 9.09. The van der Waals surface area contributed by atoms with Crippen molar-refractivity contribution in [3.05, 3.63) is 11.8 Å². The number of amides is 1. The highest BCUT2D eigenvalue weighted by Gasteiger charge is 2.21. The molecule has 1 heterocycles. The lowest BCUT2D eigenvalue weighted by Gasteiger charge is -2.28. The van der Waals surface area contributed by atoms with Crippen molar-refractivity contribution >= 4 is 17.7 Å². The average Bonchev–Trinajstić information content (AvgIpc) is 2.57. The van der Waals surface area contributed by atoms with Crippen LogP contribution in [0.2, 0.25) is 0 Å². The van der Waals surface area contributed by atoms with Gasteiger partial charge in [-0.1, -0.05) is 31.8 Å². The number of carboxylic acid groups (broad SMARTS) is 1. The molecule has 1 rings (SSSR count). The number of rotatable bonds is 10. The molecule has 0 saturated carbocycles. The molecule has 0 unspecified atom stereocenters. The summed E-state index contributed by atoms with van der Waals surface area (Å²) >= 11 is 0. The SMILES string of the molecule is CCCCCC(=O)CC=C1CCCC(=O)N1CC#CCCCC(=O)O. The largest absolute Gasteiger partial charge is 0.481 e. The first-order valence-electron chi connectivity index (χ1n) is 9.23. The van der Waals surface area contributed by atoms with E-state index in [9.17, 15) is 14.4 Å². The van der Waals surface area contributed by atoms with Gasteiger partial charge in [0, 0.05) is 37.8 Å². The summed E-state index contributed by atoms with van der Waals surface area (Å²) in [6.07, 6.45) is 9.27. The van der Waals surface area contributed by atoms with Gasteiger partial charge in [0.1, 0.15) is 5.78 Å². The van der Waals surface area contributed by atoms with Crippen molar-refractivity contribution in [1.29, 1.82) is 0 Å². The van der Waals surface area contributed by atoms with Crippen molar-refractivity contribution in [2.45, 2.75) is 77.6 Å². The van der Waals surface area contributed by atoms with Crippen LogP contribution in [0.3, 0.4) is 0 Å². The molecule has 25 heavy (non-hydrogen) atoms. The molecule has 0 aromatic heterocycles. The monoisotopic (exact) mass is 347 g/mol. The van der Waals surface area contributed by atoms with Gasteiger partial charge in [-0.05, 0) is 25.7 Å². The van der Waals surface area contributed by atoms with Crippen molar-refractivity contribution in [2.75, 3.05) is 6.54 Å². The summed E-state index contributed by atoms with van der Waals surface area (Å²) < 4.78 is 0. The standard InChI is InChI=1S/C20H29NO4/c1-2-3-6-11-18(22)15-14-17-10-9-12-19(23)21(17)16-8-5-4-7-13-20(24)25/h14H,2-4,6-7,9-13,15-16H2,1H3,(H,24,25). The summed E-state index contributed by atoms with van der Waals surface area (Å²) in [6, 6.07) is 0. The Balaban J connectivity index is 2.51. The lowest BCUT2D eigenvalue weighted by atomic mass is 10.0. The first-order valence-corrected chi connectivity index (χ1v) is 9.23. The second-order valence-corrected chi connectivity index (χ2v) is 6.33. The van der Waals surface area contributed by atoms with Gasteiger partial charge in [-0.3, -0.25) is 14.4 Å². The maximum Gasteiger partial charge on any atom is 0.303 e. The van der Waals surface area contributed by atoms with Crippen molar-refractivity contribution in [3.63, 3.8) is 0 Å². The van der Waals surface area contributed by atoms with Crippen LogP contribution < -0.4 is 0 Å². The second kappa shape index (κ2) is 12.3. The molecule has 1 aliphatic rings. The van der Waals surface area contributed by atoms with Crippen LogP contribution in [0.25, 0.3) is 0 Å². The Bertz CT molecular complexity index is 554. The number of hydrogen-bond donors (Lipinski definition) is 1. The zero-order valence-electron chi connectivity index (χ0n) is 15.2. The lowest BCUT2D eigenvalue weighted by Crippen LogP contribution is -2.34. The van der Waals surface area contributed by atoms with Gasteiger partial charge in [-0.25, -0.2) is 0 Å². The minimum atomic E-state index is -0.818. The van der Waals surface area contributed by atoms with Gasteiger partial charge in [0.15, 0.2) is 0 Å². The summed E-state index contributed by atoms with van der Waals surface area (Å²) in [4.78, 5) is 36.1. The van der Waals surface area contributed by atoms with Crippen LogP contribution in [0.4, 0.5) is 0 Å². The number of likely N-dealkylation sites (tertiary alicyclic amines) is 1. The van der Waals surface area contributed by atoms with E-state index in [2.05, 4.69) is 18.8 Å². The normalized spacial score (nSPS) is 15.8. The van der Waals surface area contributed by atoms with Crippen LogP contribution in [0, 0.1) is 11.8 Å². The van der Waals surface area contributed by atoms with E-state index in [1.54, 1.807) is 4.90 Å². The molecule has 1 saturated heterocycles. The van der Waals surface area contributed by atoms with Crippen LogP contribution in [0.5, 0.6) is 0 Å². The van der Waals surface area contributed by atoms with Crippen molar-refractivity contribution in [1.82, 2.24) is 4.90 Å². The smallest absolute Gasteiger partial charge is 0.303 e. The minimum absolute atomic E-state index is 0.0516. The van der Waals surface area contributed by atoms with Gasteiger partial charge in [0.25, 0.3) is 0 Å². The maximum atomic E-state index is 12.1. The molecular formula is C20H29NO4. The first kappa shape index (κ1) is 21.0. The molecule has 1 amide bonds. The molecule has 0 atom stereocenters. The lowest BCUT2D eigenvalue weighted by molar-refractivity contribution is -0.137. The minimum Gasteiger partial charge on any atom is -0.481 e. The van der Waals surface area contributed by atoms with Gasteiger partial charge in [0.2, 0.25) is 5.91 Å². The van der Waals surface area contributed by atoms with Gasteiger partial charge in [-0.2, -0.15) is 0 Å². The van der Waals surface area contributed by atoms with Gasteiger partial charge < -0.3 is 10.0 Å². The Morgan fingerprint density at radius 3 is 2.68 bits per heavy atom. The fourth-order valence-corrected chi connectivity index (χ4v) is 2.71. The number of aliphatic carboxylic acids is 1. The summed E-state index contributed by atoms with van der Waals surface area (Å²) in [6.45, 7) is 2.43. The molecule has 1 N–H and O–H groups in total. The van der Waals surface area contributed by atoms with E-state index in [0.29, 0.717) is 38.6 Å². The van der Waals surface area contributed by atoms with E-state index in [4.69, 9.17) is 5.11 Å². The molecular weight excluding hydrogens is 318 g/mol. The third-order valence-electron chi connectivity index (χ3n) is 4.15. The summed E-state index contributed by atoms with van der Waals surface area (Å²) in [7, 11) is 0. The molecule has 0 spiro atoms. The van der Waals surface area contributed by atoms with E-state index < -0.39 is 5.97 Å². The predicted octanol–water partition coefficient (Wildman–Crippen LogP) is 3.68. The second-order valence-electron chi connectivity index (χ2n) is 6.33. The van der Waals surface area contributed by atoms with E-state index in [1.165, 1.54) is 0 Å². The number of hydrogen-bond acceptors (Lipinski definition) is 3. The van der Waals surface area contributed by atoms with Crippen LogP contribution in [0.1, 0.15) is 77.6 Å². The Labute approximate surface area is 150 Å². The number of carboxylic acids is 1. The van der Waals surface area contributed by atoms with Crippen molar-refractivity contribution < 1.29 is 19.5 Å². The number of unbranched alkanes of at least 4 members (excludes halogenated alkanes) is 3. The molecule has 1 aliphatic heterocycles. The number of carbonyl (C=O) groups excluding carboxylic acids is 2. The van der Waals surface area contributed by atoms with Crippen LogP contribution >= 0.6 is 0 Å². The van der Waals surface area contributed by atoms with E-state index >= 15 is 0 Å². The number of nitrogens with zero attached hydrogens (tertiary/aromatic N) is 1. The fraction of sp³-hybridized carbons (Fsp3) is 0.650. The Hall–Kier alpha value is -2.09. The number of Topliss-reactive ketones (excluding diaryl/α,β-unsaturated/α-hetero) is 1. The molecule has 0 bridgehead atoms. The molecule has 0 aromatic rings. The first-order chi connectivity index (χ1) is 12.0. The Kier molecular flexibility index (Phi) is 10.3. The van der Waals surface area contributed by atoms with Crippen LogP contribution in [-0.4, -0.2) is 34.2 Å². The highest BCUT2D eigenvalue weighted by molar-refractivity contribution is 5.81. The van der Waals surface area contributed by atoms with Crippen LogP contribution in [-0.2, 0) is 14.4 Å². The third-order valence-corrected chi connectivity index (χ3v) is 4.15. The van der Waals surface area contributed by atoms with Gasteiger partial charge in [0.05, 0.1) is 6.54 Å². The average molecular weight is 347 g/mol. The van der Waals surface area contributed by atoms with E-state index in [0.717, 1.165) is 37.8 Å².